The molecule has 1 fully saturated rings. The fourth-order valence-electron chi connectivity index (χ4n) is 1.64. The van der Waals surface area contributed by atoms with Crippen LogP contribution in [0.5, 0.6) is 0 Å². The van der Waals surface area contributed by atoms with Gasteiger partial charge in [0, 0.05) is 18.4 Å². The molecular weight excluding hydrogens is 190 g/mol. The standard InChI is InChI=1S/C11H17N3O/c12-9-6-10(14-7-9)11(15)13-5-1-2-8-3-4-8/h6-8,14H,1-5,12H2,(H,13,15). The molecule has 1 aromatic rings. The van der Waals surface area contributed by atoms with E-state index in [2.05, 4.69) is 10.3 Å². The van der Waals surface area contributed by atoms with E-state index in [1.54, 1.807) is 12.3 Å². The highest BCUT2D eigenvalue weighted by molar-refractivity contribution is 5.93. The highest BCUT2D eigenvalue weighted by Gasteiger charge is 2.20. The summed E-state index contributed by atoms with van der Waals surface area (Å²) in [7, 11) is 0. The summed E-state index contributed by atoms with van der Waals surface area (Å²) in [5, 5.41) is 2.87. The van der Waals surface area contributed by atoms with Crippen molar-refractivity contribution < 1.29 is 4.79 Å². The molecule has 1 aliphatic rings. The molecule has 4 nitrogen and oxygen atoms in total. The molecule has 0 bridgehead atoms. The first-order valence-corrected chi connectivity index (χ1v) is 5.48. The van der Waals surface area contributed by atoms with E-state index in [9.17, 15) is 4.79 Å². The normalized spacial score (nSPS) is 15.2. The predicted octanol–water partition coefficient (Wildman–Crippen LogP) is 1.52. The van der Waals surface area contributed by atoms with Gasteiger partial charge in [0.1, 0.15) is 5.69 Å². The Labute approximate surface area is 89.2 Å². The molecule has 2 rings (SSSR count). The van der Waals surface area contributed by atoms with E-state index in [0.717, 1.165) is 18.9 Å². The smallest absolute Gasteiger partial charge is 0.267 e. The van der Waals surface area contributed by atoms with Gasteiger partial charge in [-0.1, -0.05) is 12.8 Å². The third-order valence-corrected chi connectivity index (χ3v) is 2.72. The molecular formula is C11H17N3O. The number of hydrogen-bond acceptors (Lipinski definition) is 2. The molecule has 0 spiro atoms. The monoisotopic (exact) mass is 207 g/mol. The van der Waals surface area contributed by atoms with Gasteiger partial charge in [-0.2, -0.15) is 0 Å². The maximum atomic E-state index is 11.5. The Hall–Kier alpha value is -1.45. The van der Waals surface area contributed by atoms with Crippen molar-refractivity contribution in [1.82, 2.24) is 10.3 Å². The van der Waals surface area contributed by atoms with Crippen LogP contribution in [0.1, 0.15) is 36.2 Å². The summed E-state index contributed by atoms with van der Waals surface area (Å²) < 4.78 is 0. The molecule has 0 unspecified atom stereocenters. The highest BCUT2D eigenvalue weighted by atomic mass is 16.1. The van der Waals surface area contributed by atoms with E-state index in [1.165, 1.54) is 19.3 Å². The molecule has 0 radical (unpaired) electrons. The highest BCUT2D eigenvalue weighted by Crippen LogP contribution is 2.33. The van der Waals surface area contributed by atoms with E-state index >= 15 is 0 Å². The van der Waals surface area contributed by atoms with Crippen LogP contribution in [0.3, 0.4) is 0 Å². The third kappa shape index (κ3) is 3.01. The van der Waals surface area contributed by atoms with Crippen molar-refractivity contribution in [3.63, 3.8) is 0 Å². The minimum absolute atomic E-state index is 0.0671. The van der Waals surface area contributed by atoms with Crippen LogP contribution in [0, 0.1) is 5.92 Å². The summed E-state index contributed by atoms with van der Waals surface area (Å²) in [5.41, 5.74) is 6.64. The average molecular weight is 207 g/mol. The minimum Gasteiger partial charge on any atom is -0.397 e. The van der Waals surface area contributed by atoms with Crippen LogP contribution in [0.4, 0.5) is 5.69 Å². The number of anilines is 1. The van der Waals surface area contributed by atoms with Crippen LogP contribution in [0.2, 0.25) is 0 Å². The molecule has 4 N–H and O–H groups in total. The minimum atomic E-state index is -0.0671. The Balaban J connectivity index is 1.67. The van der Waals surface area contributed by atoms with Gasteiger partial charge in [0.15, 0.2) is 0 Å². The van der Waals surface area contributed by atoms with Crippen LogP contribution in [0.25, 0.3) is 0 Å². The molecule has 1 aliphatic carbocycles. The van der Waals surface area contributed by atoms with Gasteiger partial charge in [0.25, 0.3) is 5.91 Å². The van der Waals surface area contributed by atoms with Crippen molar-refractivity contribution in [2.75, 3.05) is 12.3 Å². The zero-order valence-corrected chi connectivity index (χ0v) is 8.75. The van der Waals surface area contributed by atoms with Crippen molar-refractivity contribution in [2.45, 2.75) is 25.7 Å². The molecule has 0 aliphatic heterocycles. The van der Waals surface area contributed by atoms with E-state index in [4.69, 9.17) is 5.73 Å². The fourth-order valence-corrected chi connectivity index (χ4v) is 1.64. The molecule has 1 heterocycles. The first-order valence-electron chi connectivity index (χ1n) is 5.48. The van der Waals surface area contributed by atoms with Gasteiger partial charge in [0.05, 0.1) is 0 Å². The molecule has 0 atom stereocenters. The first-order chi connectivity index (χ1) is 7.25. The van der Waals surface area contributed by atoms with Crippen molar-refractivity contribution in [3.8, 4) is 0 Å². The number of hydrogen-bond donors (Lipinski definition) is 3. The summed E-state index contributed by atoms with van der Waals surface area (Å²) in [5.74, 6) is 0.866. The number of carbonyl (C=O) groups is 1. The zero-order chi connectivity index (χ0) is 10.7. The Bertz CT molecular complexity index is 341. The van der Waals surface area contributed by atoms with Crippen LogP contribution in [-0.2, 0) is 0 Å². The van der Waals surface area contributed by atoms with Gasteiger partial charge in [0.2, 0.25) is 0 Å². The molecule has 0 aromatic carbocycles. The van der Waals surface area contributed by atoms with Crippen molar-refractivity contribution >= 4 is 11.6 Å². The lowest BCUT2D eigenvalue weighted by Gasteiger charge is -2.02. The van der Waals surface area contributed by atoms with Gasteiger partial charge in [-0.05, 0) is 24.8 Å². The number of rotatable bonds is 5. The number of nitrogens with one attached hydrogen (secondary N) is 2. The second-order valence-corrected chi connectivity index (χ2v) is 4.19. The number of aromatic amines is 1. The quantitative estimate of drug-likeness (QED) is 0.640. The Morgan fingerprint density at radius 2 is 2.40 bits per heavy atom. The Morgan fingerprint density at radius 1 is 1.60 bits per heavy atom. The number of carbonyl (C=O) groups excluding carboxylic acids is 1. The average Bonchev–Trinajstić information content (AvgIpc) is 2.94. The SMILES string of the molecule is Nc1c[nH]c(C(=O)NCCCC2CC2)c1. The maximum Gasteiger partial charge on any atom is 0.267 e. The molecule has 4 heteroatoms. The number of amides is 1. The Morgan fingerprint density at radius 3 is 3.00 bits per heavy atom. The van der Waals surface area contributed by atoms with Crippen LogP contribution >= 0.6 is 0 Å². The number of H-pyrrole nitrogens is 1. The van der Waals surface area contributed by atoms with Gasteiger partial charge in [-0.3, -0.25) is 4.79 Å². The molecule has 1 amide bonds. The lowest BCUT2D eigenvalue weighted by Crippen LogP contribution is -2.24. The molecule has 1 aromatic heterocycles. The van der Waals surface area contributed by atoms with E-state index in [0.29, 0.717) is 11.4 Å². The summed E-state index contributed by atoms with van der Waals surface area (Å²) >= 11 is 0. The summed E-state index contributed by atoms with van der Waals surface area (Å²) in [4.78, 5) is 14.4. The van der Waals surface area contributed by atoms with E-state index in [-0.39, 0.29) is 5.91 Å². The first kappa shape index (κ1) is 10.1. The maximum absolute atomic E-state index is 11.5. The zero-order valence-electron chi connectivity index (χ0n) is 8.75. The Kier molecular flexibility index (Phi) is 2.94. The second-order valence-electron chi connectivity index (χ2n) is 4.19. The van der Waals surface area contributed by atoms with Gasteiger partial charge in [-0.15, -0.1) is 0 Å². The third-order valence-electron chi connectivity index (χ3n) is 2.72. The summed E-state index contributed by atoms with van der Waals surface area (Å²) in [6.07, 6.45) is 6.70. The van der Waals surface area contributed by atoms with E-state index in [1.807, 2.05) is 0 Å². The lowest BCUT2D eigenvalue weighted by molar-refractivity contribution is 0.0948. The van der Waals surface area contributed by atoms with Crippen molar-refractivity contribution in [3.05, 3.63) is 18.0 Å². The van der Waals surface area contributed by atoms with Crippen LogP contribution in [0.15, 0.2) is 12.3 Å². The summed E-state index contributed by atoms with van der Waals surface area (Å²) in [6.45, 7) is 0.758. The van der Waals surface area contributed by atoms with Gasteiger partial charge >= 0.3 is 0 Å². The molecule has 15 heavy (non-hydrogen) atoms. The molecule has 1 saturated carbocycles. The van der Waals surface area contributed by atoms with Gasteiger partial charge < -0.3 is 16.0 Å². The largest absolute Gasteiger partial charge is 0.397 e. The second kappa shape index (κ2) is 4.38. The number of nitrogens with two attached hydrogens (primary N) is 1. The van der Waals surface area contributed by atoms with Crippen molar-refractivity contribution in [2.24, 2.45) is 5.92 Å². The molecule has 82 valence electrons. The summed E-state index contributed by atoms with van der Waals surface area (Å²) in [6, 6.07) is 1.65. The van der Waals surface area contributed by atoms with E-state index < -0.39 is 0 Å². The molecule has 0 saturated heterocycles. The lowest BCUT2D eigenvalue weighted by atomic mass is 10.2. The number of aromatic nitrogens is 1. The van der Waals surface area contributed by atoms with Crippen molar-refractivity contribution in [1.29, 1.82) is 0 Å². The van der Waals surface area contributed by atoms with Crippen LogP contribution in [-0.4, -0.2) is 17.4 Å². The van der Waals surface area contributed by atoms with Gasteiger partial charge in [-0.25, -0.2) is 0 Å². The predicted molar refractivity (Wildman–Crippen MR) is 59.5 cm³/mol. The number of nitrogen functional groups attached to an aromatic ring is 1. The fraction of sp³-hybridized carbons (Fsp3) is 0.545. The van der Waals surface area contributed by atoms with Crippen LogP contribution < -0.4 is 11.1 Å². The topological polar surface area (TPSA) is 70.9 Å².